The summed E-state index contributed by atoms with van der Waals surface area (Å²) in [5.74, 6) is 0. The van der Waals surface area contributed by atoms with E-state index in [1.54, 1.807) is 0 Å². The van der Waals surface area contributed by atoms with Crippen molar-refractivity contribution in [2.45, 2.75) is 0 Å². The summed E-state index contributed by atoms with van der Waals surface area (Å²) in [6.07, 6.45) is 0. The lowest BCUT2D eigenvalue weighted by atomic mass is 10.0. The molecule has 0 saturated carbocycles. The Kier molecular flexibility index (Phi) is 8.14. The molecule has 0 aliphatic rings. The second-order valence-electron chi connectivity index (χ2n) is 19.2. The van der Waals surface area contributed by atoms with E-state index in [1.165, 1.54) is 109 Å². The van der Waals surface area contributed by atoms with Gasteiger partial charge < -0.3 is 18.3 Å². The molecule has 0 N–H and O–H groups in total. The minimum atomic E-state index is 1.09. The van der Waals surface area contributed by atoms with E-state index in [9.17, 15) is 0 Å². The van der Waals surface area contributed by atoms with Gasteiger partial charge in [-0.15, -0.1) is 0 Å². The monoisotopic (exact) mass is 914 g/mol. The van der Waals surface area contributed by atoms with Crippen molar-refractivity contribution in [3.05, 3.63) is 255 Å². The standard InChI is InChI=1S/C68H42N4/c1-2-18-43(19-3-1)46-40-47(69-61-30-12-8-26-51(61)55-36-38-57-53-28-10-14-32-63(53)71(67(57)65(55)69)59-34-16-22-44-20-4-6-24-49(44)59)42-48(41-46)70-62-31-13-9-27-52(62)56-37-39-58-54-29-11-15-33-64(54)72(68(58)66(56)70)60-35-17-23-45-21-5-7-25-50(45)60/h1-42H. The Bertz CT molecular complexity index is 4620. The molecule has 72 heavy (non-hydrogen) atoms. The fourth-order valence-electron chi connectivity index (χ4n) is 12.5. The molecular formula is C68H42N4. The number of fused-ring (bicyclic) bond motifs is 16. The Morgan fingerprint density at radius 3 is 0.931 bits per heavy atom. The molecule has 16 rings (SSSR count). The zero-order chi connectivity index (χ0) is 47.0. The molecular weight excluding hydrogens is 873 g/mol. The molecule has 16 aromatic rings. The predicted octanol–water partition coefficient (Wildman–Crippen LogP) is 18.0. The van der Waals surface area contributed by atoms with Gasteiger partial charge in [-0.3, -0.25) is 0 Å². The molecule has 0 atom stereocenters. The number of hydrogen-bond acceptors (Lipinski definition) is 0. The Hall–Kier alpha value is -9.64. The summed E-state index contributed by atoms with van der Waals surface area (Å²) in [6, 6.07) is 94.3. The molecule has 0 spiro atoms. The van der Waals surface area contributed by atoms with Crippen LogP contribution in [-0.2, 0) is 0 Å². The van der Waals surface area contributed by atoms with Crippen LogP contribution >= 0.6 is 0 Å². The average molecular weight is 915 g/mol. The first-order chi connectivity index (χ1) is 35.8. The zero-order valence-corrected chi connectivity index (χ0v) is 39.0. The molecule has 0 bridgehead atoms. The van der Waals surface area contributed by atoms with Crippen molar-refractivity contribution in [1.82, 2.24) is 18.3 Å². The van der Waals surface area contributed by atoms with Gasteiger partial charge in [-0.25, -0.2) is 0 Å². The largest absolute Gasteiger partial charge is 0.307 e. The third-order valence-corrected chi connectivity index (χ3v) is 15.5. The fourth-order valence-corrected chi connectivity index (χ4v) is 12.5. The van der Waals surface area contributed by atoms with Gasteiger partial charge in [0.05, 0.1) is 55.5 Å². The van der Waals surface area contributed by atoms with Gasteiger partial charge >= 0.3 is 0 Å². The summed E-state index contributed by atoms with van der Waals surface area (Å²) in [4.78, 5) is 0. The highest BCUT2D eigenvalue weighted by atomic mass is 15.1. The van der Waals surface area contributed by atoms with Crippen LogP contribution in [0, 0.1) is 0 Å². The molecule has 12 aromatic carbocycles. The smallest absolute Gasteiger partial charge is 0.0789 e. The normalized spacial score (nSPS) is 12.2. The third-order valence-electron chi connectivity index (χ3n) is 15.5. The number of hydrogen-bond donors (Lipinski definition) is 0. The Labute approximate surface area is 413 Å². The van der Waals surface area contributed by atoms with Gasteiger partial charge in [-0.1, -0.05) is 200 Å². The van der Waals surface area contributed by atoms with Crippen LogP contribution in [0.25, 0.3) is 143 Å². The summed E-state index contributed by atoms with van der Waals surface area (Å²) in [7, 11) is 0. The fraction of sp³-hybridized carbons (Fsp3) is 0. The number of aromatic nitrogens is 4. The van der Waals surface area contributed by atoms with Crippen molar-refractivity contribution < 1.29 is 0 Å². The highest BCUT2D eigenvalue weighted by Gasteiger charge is 2.25. The van der Waals surface area contributed by atoms with Crippen molar-refractivity contribution >= 4 is 109 Å². The number of para-hydroxylation sites is 4. The molecule has 0 saturated heterocycles. The van der Waals surface area contributed by atoms with Crippen molar-refractivity contribution in [1.29, 1.82) is 0 Å². The predicted molar refractivity (Wildman–Crippen MR) is 304 cm³/mol. The Morgan fingerprint density at radius 2 is 0.514 bits per heavy atom. The first kappa shape index (κ1) is 39.2. The summed E-state index contributed by atoms with van der Waals surface area (Å²) in [5, 5.41) is 14.6. The second kappa shape index (κ2) is 14.9. The van der Waals surface area contributed by atoms with E-state index in [1.807, 2.05) is 0 Å². The quantitative estimate of drug-likeness (QED) is 0.164. The highest BCUT2D eigenvalue weighted by molar-refractivity contribution is 6.26. The number of benzene rings is 12. The first-order valence-electron chi connectivity index (χ1n) is 24.8. The first-order valence-corrected chi connectivity index (χ1v) is 24.8. The van der Waals surface area contributed by atoms with E-state index < -0.39 is 0 Å². The van der Waals surface area contributed by atoms with E-state index in [-0.39, 0.29) is 0 Å². The molecule has 334 valence electrons. The van der Waals surface area contributed by atoms with Crippen molar-refractivity contribution in [2.75, 3.05) is 0 Å². The number of rotatable bonds is 5. The average Bonchev–Trinajstić information content (AvgIpc) is 4.18. The van der Waals surface area contributed by atoms with Crippen LogP contribution in [0.15, 0.2) is 255 Å². The lowest BCUT2D eigenvalue weighted by Gasteiger charge is -2.18. The van der Waals surface area contributed by atoms with Crippen LogP contribution in [0.1, 0.15) is 0 Å². The number of nitrogens with zero attached hydrogens (tertiary/aromatic N) is 4. The molecule has 4 heteroatoms. The molecule has 4 heterocycles. The molecule has 0 fully saturated rings. The van der Waals surface area contributed by atoms with Crippen molar-refractivity contribution in [3.63, 3.8) is 0 Å². The van der Waals surface area contributed by atoms with Gasteiger partial charge in [0.25, 0.3) is 0 Å². The molecule has 0 radical (unpaired) electrons. The maximum Gasteiger partial charge on any atom is 0.0789 e. The highest BCUT2D eigenvalue weighted by Crippen LogP contribution is 2.46. The van der Waals surface area contributed by atoms with Gasteiger partial charge in [0.1, 0.15) is 0 Å². The van der Waals surface area contributed by atoms with Crippen LogP contribution in [0.2, 0.25) is 0 Å². The molecule has 4 aromatic heterocycles. The van der Waals surface area contributed by atoms with Crippen molar-refractivity contribution in [2.24, 2.45) is 0 Å². The van der Waals surface area contributed by atoms with Gasteiger partial charge in [0.2, 0.25) is 0 Å². The van der Waals surface area contributed by atoms with Gasteiger partial charge in [-0.05, 0) is 76.5 Å². The summed E-state index contributed by atoms with van der Waals surface area (Å²) < 4.78 is 10.2. The van der Waals surface area contributed by atoms with Crippen molar-refractivity contribution in [3.8, 4) is 33.9 Å². The minimum Gasteiger partial charge on any atom is -0.307 e. The summed E-state index contributed by atoms with van der Waals surface area (Å²) in [6.45, 7) is 0. The van der Waals surface area contributed by atoms with E-state index >= 15 is 0 Å². The minimum absolute atomic E-state index is 1.09. The van der Waals surface area contributed by atoms with E-state index in [2.05, 4.69) is 273 Å². The van der Waals surface area contributed by atoms with Gasteiger partial charge in [0.15, 0.2) is 0 Å². The SMILES string of the molecule is c1ccc(-c2cc(-n3c4ccccc4c4ccc5c6ccccc6n(-c6cccc7ccccc67)c5c43)cc(-n3c4ccccc4c4ccc5c6ccccc6n(-c6cccc7ccccc67)c5c43)c2)cc1. The molecule has 0 amide bonds. The summed E-state index contributed by atoms with van der Waals surface area (Å²) in [5.41, 5.74) is 16.2. The Balaban J connectivity index is 1.08. The van der Waals surface area contributed by atoms with Crippen LogP contribution in [0.4, 0.5) is 0 Å². The Morgan fingerprint density at radius 1 is 0.194 bits per heavy atom. The molecule has 0 aliphatic carbocycles. The maximum atomic E-state index is 2.56. The topological polar surface area (TPSA) is 19.7 Å². The van der Waals surface area contributed by atoms with Crippen LogP contribution in [-0.4, -0.2) is 18.3 Å². The zero-order valence-electron chi connectivity index (χ0n) is 39.0. The van der Waals surface area contributed by atoms with Crippen LogP contribution < -0.4 is 0 Å². The van der Waals surface area contributed by atoms with E-state index in [0.717, 1.165) is 33.5 Å². The van der Waals surface area contributed by atoms with Crippen LogP contribution in [0.3, 0.4) is 0 Å². The summed E-state index contributed by atoms with van der Waals surface area (Å²) >= 11 is 0. The molecule has 0 unspecified atom stereocenters. The van der Waals surface area contributed by atoms with E-state index in [4.69, 9.17) is 0 Å². The molecule has 4 nitrogen and oxygen atoms in total. The lowest BCUT2D eigenvalue weighted by Crippen LogP contribution is -2.03. The van der Waals surface area contributed by atoms with Gasteiger partial charge in [-0.2, -0.15) is 0 Å². The lowest BCUT2D eigenvalue weighted by molar-refractivity contribution is 1.12. The van der Waals surface area contributed by atoms with E-state index in [0.29, 0.717) is 0 Å². The van der Waals surface area contributed by atoms with Gasteiger partial charge in [0, 0.05) is 65.2 Å². The maximum absolute atomic E-state index is 2.56. The second-order valence-corrected chi connectivity index (χ2v) is 19.2. The third kappa shape index (κ3) is 5.41. The molecule has 0 aliphatic heterocycles. The van der Waals surface area contributed by atoms with Crippen LogP contribution in [0.5, 0.6) is 0 Å².